The van der Waals surface area contributed by atoms with Crippen LogP contribution in [0.5, 0.6) is 0 Å². The van der Waals surface area contributed by atoms with Gasteiger partial charge in [0.15, 0.2) is 0 Å². The first-order valence-electron chi connectivity index (χ1n) is 6.26. The molecule has 0 radical (unpaired) electrons. The van der Waals surface area contributed by atoms with Gasteiger partial charge in [0, 0.05) is 41.8 Å². The number of methoxy groups -OCH3 is 1. The summed E-state index contributed by atoms with van der Waals surface area (Å²) >= 11 is 3.55. The average Bonchev–Trinajstić information content (AvgIpc) is 2.87. The average molecular weight is 324 g/mol. The summed E-state index contributed by atoms with van der Waals surface area (Å²) < 4.78 is 8.42. The summed E-state index contributed by atoms with van der Waals surface area (Å²) in [4.78, 5) is 4.36. The summed E-state index contributed by atoms with van der Waals surface area (Å²) in [5, 5.41) is 3.42. The molecule has 0 saturated heterocycles. The van der Waals surface area contributed by atoms with E-state index in [1.807, 2.05) is 24.5 Å². The minimum Gasteiger partial charge on any atom is -0.380 e. The maximum Gasteiger partial charge on any atom is 0.128 e. The van der Waals surface area contributed by atoms with Crippen molar-refractivity contribution < 1.29 is 4.74 Å². The second-order valence-corrected chi connectivity index (χ2v) is 5.04. The van der Waals surface area contributed by atoms with Crippen molar-refractivity contribution in [3.05, 3.63) is 46.5 Å². The van der Waals surface area contributed by atoms with Gasteiger partial charge in [0.2, 0.25) is 0 Å². The van der Waals surface area contributed by atoms with E-state index < -0.39 is 0 Å². The molecule has 0 aliphatic rings. The monoisotopic (exact) mass is 323 g/mol. The zero-order chi connectivity index (χ0) is 13.7. The van der Waals surface area contributed by atoms with Gasteiger partial charge in [0.25, 0.3) is 0 Å². The third-order valence-electron chi connectivity index (χ3n) is 2.99. The Balaban J connectivity index is 2.13. The van der Waals surface area contributed by atoms with Crippen molar-refractivity contribution >= 4 is 21.6 Å². The molecule has 4 nitrogen and oxygen atoms in total. The number of nitrogens with zero attached hydrogens (tertiary/aromatic N) is 2. The van der Waals surface area contributed by atoms with Gasteiger partial charge >= 0.3 is 0 Å². The predicted octanol–water partition coefficient (Wildman–Crippen LogP) is 3.42. The zero-order valence-corrected chi connectivity index (χ0v) is 12.8. The number of imidazole rings is 1. The molecule has 0 atom stereocenters. The molecular weight excluding hydrogens is 306 g/mol. The van der Waals surface area contributed by atoms with Gasteiger partial charge in [-0.2, -0.15) is 0 Å². The molecule has 2 aromatic rings. The van der Waals surface area contributed by atoms with Gasteiger partial charge in [0.1, 0.15) is 5.82 Å². The molecule has 1 N–H and O–H groups in total. The second-order valence-electron chi connectivity index (χ2n) is 4.18. The Bertz CT molecular complexity index is 539. The maximum atomic E-state index is 5.24. The number of halogens is 1. The van der Waals surface area contributed by atoms with Crippen LogP contribution in [0, 0.1) is 0 Å². The summed E-state index contributed by atoms with van der Waals surface area (Å²) in [6, 6.07) is 6.09. The van der Waals surface area contributed by atoms with Crippen LogP contribution in [0.2, 0.25) is 0 Å². The van der Waals surface area contributed by atoms with Crippen LogP contribution in [0.3, 0.4) is 0 Å². The normalized spacial score (nSPS) is 10.7. The molecule has 19 heavy (non-hydrogen) atoms. The number of ether oxygens (including phenoxy) is 1. The molecule has 2 rings (SSSR count). The van der Waals surface area contributed by atoms with Crippen molar-refractivity contribution in [3.63, 3.8) is 0 Å². The summed E-state index contributed by atoms with van der Waals surface area (Å²) in [7, 11) is 1.70. The van der Waals surface area contributed by atoms with Gasteiger partial charge in [-0.15, -0.1) is 0 Å². The van der Waals surface area contributed by atoms with E-state index in [0.29, 0.717) is 13.2 Å². The van der Waals surface area contributed by atoms with Gasteiger partial charge in [-0.1, -0.05) is 22.0 Å². The number of hydrogen-bond acceptors (Lipinski definition) is 3. The van der Waals surface area contributed by atoms with Gasteiger partial charge < -0.3 is 14.6 Å². The molecule has 1 aromatic heterocycles. The Morgan fingerprint density at radius 1 is 1.42 bits per heavy atom. The molecule has 0 bridgehead atoms. The fourth-order valence-corrected chi connectivity index (χ4v) is 2.47. The lowest BCUT2D eigenvalue weighted by Gasteiger charge is -2.13. The van der Waals surface area contributed by atoms with Crippen LogP contribution in [0.25, 0.3) is 0 Å². The van der Waals surface area contributed by atoms with E-state index in [-0.39, 0.29) is 0 Å². The Labute approximate surface area is 121 Å². The van der Waals surface area contributed by atoms with E-state index in [1.54, 1.807) is 7.11 Å². The minimum absolute atomic E-state index is 0.575. The molecule has 5 heteroatoms. The van der Waals surface area contributed by atoms with E-state index in [0.717, 1.165) is 28.1 Å². The topological polar surface area (TPSA) is 39.1 Å². The minimum atomic E-state index is 0.575. The summed E-state index contributed by atoms with van der Waals surface area (Å²) in [5.74, 6) is 1.03. The number of rotatable bonds is 6. The molecule has 0 saturated carbocycles. The Morgan fingerprint density at radius 2 is 2.26 bits per heavy atom. The molecule has 102 valence electrons. The Morgan fingerprint density at radius 3 is 3.00 bits per heavy atom. The van der Waals surface area contributed by atoms with Gasteiger partial charge in [-0.3, -0.25) is 0 Å². The lowest BCUT2D eigenvalue weighted by Crippen LogP contribution is -2.09. The first kappa shape index (κ1) is 14.1. The van der Waals surface area contributed by atoms with Crippen LogP contribution < -0.4 is 5.32 Å². The standard InChI is InChI=1S/C14H18BrN3O/c1-3-18-8-7-16-14(18)9-17-13-6-4-5-12(15)11(13)10-19-2/h4-8,17H,3,9-10H2,1-2H3. The largest absolute Gasteiger partial charge is 0.380 e. The molecule has 0 fully saturated rings. The van der Waals surface area contributed by atoms with Crippen molar-refractivity contribution in [2.45, 2.75) is 26.6 Å². The van der Waals surface area contributed by atoms with E-state index in [9.17, 15) is 0 Å². The number of anilines is 1. The number of aryl methyl sites for hydroxylation is 1. The molecule has 1 aromatic carbocycles. The van der Waals surface area contributed by atoms with Gasteiger partial charge in [-0.25, -0.2) is 4.98 Å². The number of nitrogens with one attached hydrogen (secondary N) is 1. The first-order chi connectivity index (χ1) is 9.26. The van der Waals surface area contributed by atoms with Crippen molar-refractivity contribution in [1.29, 1.82) is 0 Å². The summed E-state index contributed by atoms with van der Waals surface area (Å²) in [6.45, 7) is 4.32. The molecule has 0 amide bonds. The molecular formula is C14H18BrN3O. The molecule has 1 heterocycles. The quantitative estimate of drug-likeness (QED) is 0.885. The third-order valence-corrected chi connectivity index (χ3v) is 3.73. The third kappa shape index (κ3) is 3.36. The lowest BCUT2D eigenvalue weighted by molar-refractivity contribution is 0.185. The number of benzene rings is 1. The highest BCUT2D eigenvalue weighted by Crippen LogP contribution is 2.25. The molecule has 0 spiro atoms. The van der Waals surface area contributed by atoms with E-state index >= 15 is 0 Å². The summed E-state index contributed by atoms with van der Waals surface area (Å²) in [5.41, 5.74) is 2.20. The van der Waals surface area contributed by atoms with Crippen LogP contribution in [0.15, 0.2) is 35.1 Å². The van der Waals surface area contributed by atoms with Crippen LogP contribution in [0.4, 0.5) is 5.69 Å². The van der Waals surface area contributed by atoms with Crippen LogP contribution in [0.1, 0.15) is 18.3 Å². The first-order valence-corrected chi connectivity index (χ1v) is 7.05. The highest BCUT2D eigenvalue weighted by molar-refractivity contribution is 9.10. The fourth-order valence-electron chi connectivity index (χ4n) is 1.98. The van der Waals surface area contributed by atoms with Gasteiger partial charge in [-0.05, 0) is 19.1 Å². The van der Waals surface area contributed by atoms with Crippen LogP contribution >= 0.6 is 15.9 Å². The fraction of sp³-hybridized carbons (Fsp3) is 0.357. The van der Waals surface area contributed by atoms with Gasteiger partial charge in [0.05, 0.1) is 13.2 Å². The number of hydrogen-bond donors (Lipinski definition) is 1. The lowest BCUT2D eigenvalue weighted by atomic mass is 10.2. The van der Waals surface area contributed by atoms with Crippen LogP contribution in [-0.4, -0.2) is 16.7 Å². The molecule has 0 aliphatic carbocycles. The van der Waals surface area contributed by atoms with Crippen LogP contribution in [-0.2, 0) is 24.4 Å². The smallest absolute Gasteiger partial charge is 0.128 e. The number of aromatic nitrogens is 2. The molecule has 0 unspecified atom stereocenters. The predicted molar refractivity (Wildman–Crippen MR) is 80.1 cm³/mol. The second kappa shape index (κ2) is 6.73. The van der Waals surface area contributed by atoms with Crippen molar-refractivity contribution in [2.24, 2.45) is 0 Å². The Kier molecular flexibility index (Phi) is 4.99. The van der Waals surface area contributed by atoms with E-state index in [4.69, 9.17) is 4.74 Å². The van der Waals surface area contributed by atoms with Crippen molar-refractivity contribution in [2.75, 3.05) is 12.4 Å². The van der Waals surface area contributed by atoms with E-state index in [2.05, 4.69) is 43.8 Å². The highest BCUT2D eigenvalue weighted by atomic mass is 79.9. The SMILES string of the molecule is CCn1ccnc1CNc1cccc(Br)c1COC. The van der Waals surface area contributed by atoms with Crippen molar-refractivity contribution in [3.8, 4) is 0 Å². The molecule has 0 aliphatic heterocycles. The maximum absolute atomic E-state index is 5.24. The highest BCUT2D eigenvalue weighted by Gasteiger charge is 2.07. The summed E-state index contributed by atoms with van der Waals surface area (Å²) in [6.07, 6.45) is 3.82. The van der Waals surface area contributed by atoms with Crippen molar-refractivity contribution in [1.82, 2.24) is 9.55 Å². The zero-order valence-electron chi connectivity index (χ0n) is 11.2. The van der Waals surface area contributed by atoms with E-state index in [1.165, 1.54) is 0 Å². The Hall–Kier alpha value is -1.33.